The molecule has 2 aliphatic carbocycles. The molecule has 2 fully saturated rings. The molecule has 1 aromatic rings. The van der Waals surface area contributed by atoms with E-state index in [2.05, 4.69) is 43.6 Å². The summed E-state index contributed by atoms with van der Waals surface area (Å²) in [5.74, 6) is 2.54. The van der Waals surface area contributed by atoms with E-state index in [1.54, 1.807) is 5.56 Å². The number of rotatable bonds is 4. The second kappa shape index (κ2) is 5.66. The van der Waals surface area contributed by atoms with Crippen LogP contribution in [0.4, 0.5) is 0 Å². The number of hydrogen-bond acceptors (Lipinski definition) is 1. The molecular formula is C18H27N. The maximum absolute atomic E-state index is 3.57. The summed E-state index contributed by atoms with van der Waals surface area (Å²) in [5, 5.41) is 3.57. The zero-order chi connectivity index (χ0) is 13.2. The van der Waals surface area contributed by atoms with Gasteiger partial charge in [-0.05, 0) is 55.2 Å². The highest BCUT2D eigenvalue weighted by molar-refractivity contribution is 5.29. The molecule has 3 unspecified atom stereocenters. The summed E-state index contributed by atoms with van der Waals surface area (Å²) in [6.45, 7) is 2.42. The Hall–Kier alpha value is -0.820. The first-order valence-corrected chi connectivity index (χ1v) is 8.06. The molecule has 0 aromatic heterocycles. The van der Waals surface area contributed by atoms with Crippen LogP contribution in [0.3, 0.4) is 0 Å². The average Bonchev–Trinajstić information content (AvgIpc) is 2.77. The molecular weight excluding hydrogens is 230 g/mol. The Morgan fingerprint density at radius 3 is 2.16 bits per heavy atom. The number of nitrogens with one attached hydrogen (secondary N) is 1. The fraction of sp³-hybridized carbons (Fsp3) is 0.667. The van der Waals surface area contributed by atoms with E-state index < -0.39 is 0 Å². The van der Waals surface area contributed by atoms with Crippen molar-refractivity contribution < 1.29 is 0 Å². The van der Waals surface area contributed by atoms with Crippen LogP contribution in [0, 0.1) is 11.8 Å². The number of hydrogen-bond donors (Lipinski definition) is 1. The van der Waals surface area contributed by atoms with Crippen LogP contribution in [-0.2, 0) is 0 Å². The summed E-state index contributed by atoms with van der Waals surface area (Å²) in [7, 11) is 2.12. The van der Waals surface area contributed by atoms with E-state index in [1.165, 1.54) is 44.1 Å². The molecule has 2 aliphatic rings. The molecule has 3 atom stereocenters. The molecule has 3 rings (SSSR count). The van der Waals surface area contributed by atoms with Crippen molar-refractivity contribution in [2.24, 2.45) is 11.8 Å². The van der Waals surface area contributed by atoms with Gasteiger partial charge in [-0.1, -0.05) is 50.5 Å². The van der Waals surface area contributed by atoms with Crippen molar-refractivity contribution in [2.45, 2.75) is 57.4 Å². The van der Waals surface area contributed by atoms with Crippen molar-refractivity contribution in [3.63, 3.8) is 0 Å². The van der Waals surface area contributed by atoms with Crippen LogP contribution in [0.1, 0.15) is 68.5 Å². The summed E-state index contributed by atoms with van der Waals surface area (Å²) in [6.07, 6.45) is 8.41. The topological polar surface area (TPSA) is 12.0 Å². The van der Waals surface area contributed by atoms with Gasteiger partial charge in [0.2, 0.25) is 0 Å². The molecule has 2 saturated carbocycles. The predicted octanol–water partition coefficient (Wildman–Crippen LogP) is 4.65. The minimum atomic E-state index is 0.549. The van der Waals surface area contributed by atoms with Crippen LogP contribution in [0.15, 0.2) is 24.3 Å². The van der Waals surface area contributed by atoms with E-state index in [0.29, 0.717) is 6.04 Å². The molecule has 1 N–H and O–H groups in total. The Bertz CT molecular complexity index is 404. The highest BCUT2D eigenvalue weighted by atomic mass is 14.9. The van der Waals surface area contributed by atoms with Crippen molar-refractivity contribution in [1.82, 2.24) is 5.32 Å². The van der Waals surface area contributed by atoms with E-state index in [4.69, 9.17) is 0 Å². The number of benzene rings is 1. The lowest BCUT2D eigenvalue weighted by atomic mass is 9.79. The fourth-order valence-electron chi connectivity index (χ4n) is 4.01. The van der Waals surface area contributed by atoms with Crippen LogP contribution in [0.5, 0.6) is 0 Å². The lowest BCUT2D eigenvalue weighted by molar-refractivity contribution is 0.315. The smallest absolute Gasteiger partial charge is 0.0348 e. The van der Waals surface area contributed by atoms with Gasteiger partial charge >= 0.3 is 0 Å². The summed E-state index contributed by atoms with van der Waals surface area (Å²) in [4.78, 5) is 0. The molecule has 0 saturated heterocycles. The molecule has 104 valence electrons. The molecule has 1 aromatic carbocycles. The zero-order valence-electron chi connectivity index (χ0n) is 12.4. The van der Waals surface area contributed by atoms with Crippen LogP contribution in [0.25, 0.3) is 0 Å². The lowest BCUT2D eigenvalue weighted by Gasteiger charge is -2.29. The quantitative estimate of drug-likeness (QED) is 0.828. The molecule has 0 bridgehead atoms. The average molecular weight is 257 g/mol. The largest absolute Gasteiger partial charge is 0.313 e. The second-order valence-corrected chi connectivity index (χ2v) is 6.63. The third-order valence-electron chi connectivity index (χ3n) is 5.54. The van der Waals surface area contributed by atoms with Gasteiger partial charge in [0.1, 0.15) is 0 Å². The highest BCUT2D eigenvalue weighted by Crippen LogP contribution is 2.41. The van der Waals surface area contributed by atoms with Gasteiger partial charge in [-0.15, -0.1) is 0 Å². The van der Waals surface area contributed by atoms with Crippen molar-refractivity contribution in [3.05, 3.63) is 35.4 Å². The van der Waals surface area contributed by atoms with Crippen LogP contribution >= 0.6 is 0 Å². The molecule has 0 spiro atoms. The first-order valence-electron chi connectivity index (χ1n) is 8.06. The minimum Gasteiger partial charge on any atom is -0.313 e. The van der Waals surface area contributed by atoms with Gasteiger partial charge in [0.15, 0.2) is 0 Å². The Balaban J connectivity index is 1.75. The summed E-state index contributed by atoms with van der Waals surface area (Å²) < 4.78 is 0. The Labute approximate surface area is 117 Å². The SMILES string of the molecule is CNC(c1ccc(C2CCC2)cc1)C1CCCC1C. The first-order chi connectivity index (χ1) is 9.29. The van der Waals surface area contributed by atoms with Crippen LogP contribution in [-0.4, -0.2) is 7.05 Å². The monoisotopic (exact) mass is 257 g/mol. The molecule has 0 heterocycles. The van der Waals surface area contributed by atoms with Gasteiger partial charge < -0.3 is 5.32 Å². The van der Waals surface area contributed by atoms with Gasteiger partial charge in [0.05, 0.1) is 0 Å². The normalized spacial score (nSPS) is 29.2. The lowest BCUT2D eigenvalue weighted by Crippen LogP contribution is -2.26. The first kappa shape index (κ1) is 13.2. The van der Waals surface area contributed by atoms with E-state index in [0.717, 1.165) is 17.8 Å². The van der Waals surface area contributed by atoms with Crippen molar-refractivity contribution >= 4 is 0 Å². The van der Waals surface area contributed by atoms with Gasteiger partial charge in [-0.25, -0.2) is 0 Å². The fourth-order valence-corrected chi connectivity index (χ4v) is 4.01. The molecule has 19 heavy (non-hydrogen) atoms. The van der Waals surface area contributed by atoms with Crippen LogP contribution in [0.2, 0.25) is 0 Å². The predicted molar refractivity (Wildman–Crippen MR) is 81.3 cm³/mol. The maximum atomic E-state index is 3.57. The molecule has 0 aliphatic heterocycles. The van der Waals surface area contributed by atoms with Gasteiger partial charge in [-0.2, -0.15) is 0 Å². The second-order valence-electron chi connectivity index (χ2n) is 6.63. The van der Waals surface area contributed by atoms with Crippen molar-refractivity contribution in [2.75, 3.05) is 7.05 Å². The molecule has 0 amide bonds. The molecule has 1 heteroatoms. The van der Waals surface area contributed by atoms with Crippen LogP contribution < -0.4 is 5.32 Å². The van der Waals surface area contributed by atoms with E-state index in [-0.39, 0.29) is 0 Å². The van der Waals surface area contributed by atoms with Gasteiger partial charge in [-0.3, -0.25) is 0 Å². The zero-order valence-corrected chi connectivity index (χ0v) is 12.4. The maximum Gasteiger partial charge on any atom is 0.0348 e. The van der Waals surface area contributed by atoms with E-state index >= 15 is 0 Å². The Morgan fingerprint density at radius 2 is 1.68 bits per heavy atom. The Morgan fingerprint density at radius 1 is 1.00 bits per heavy atom. The standard InChI is InChI=1S/C18H27N/c1-13-5-3-8-17(13)18(19-2)16-11-9-15(10-12-16)14-6-4-7-14/h9-14,17-19H,3-8H2,1-2H3. The van der Waals surface area contributed by atoms with Crippen molar-refractivity contribution in [3.8, 4) is 0 Å². The summed E-state index contributed by atoms with van der Waals surface area (Å²) in [6, 6.07) is 10.1. The Kier molecular flexibility index (Phi) is 3.93. The van der Waals surface area contributed by atoms with E-state index in [1.807, 2.05) is 0 Å². The molecule has 1 nitrogen and oxygen atoms in total. The third-order valence-corrected chi connectivity index (χ3v) is 5.54. The summed E-state index contributed by atoms with van der Waals surface area (Å²) >= 11 is 0. The molecule has 0 radical (unpaired) electrons. The van der Waals surface area contributed by atoms with Crippen molar-refractivity contribution in [1.29, 1.82) is 0 Å². The van der Waals surface area contributed by atoms with E-state index in [9.17, 15) is 0 Å². The van der Waals surface area contributed by atoms with Gasteiger partial charge in [0.25, 0.3) is 0 Å². The highest BCUT2D eigenvalue weighted by Gasteiger charge is 2.31. The van der Waals surface area contributed by atoms with Gasteiger partial charge in [0, 0.05) is 6.04 Å². The minimum absolute atomic E-state index is 0.549. The third kappa shape index (κ3) is 2.58. The summed E-state index contributed by atoms with van der Waals surface area (Å²) in [5.41, 5.74) is 3.05.